The van der Waals surface area contributed by atoms with Crippen molar-refractivity contribution in [3.05, 3.63) is 62.8 Å². The smallest absolute Gasteiger partial charge is 0.406 e. The number of halogens is 5. The van der Waals surface area contributed by atoms with Crippen molar-refractivity contribution >= 4 is 45.8 Å². The van der Waals surface area contributed by atoms with Gasteiger partial charge in [0.05, 0.1) is 22.6 Å². The normalized spacial score (nSPS) is 18.4. The van der Waals surface area contributed by atoms with E-state index >= 15 is 0 Å². The molecule has 3 aromatic rings. The van der Waals surface area contributed by atoms with E-state index in [4.69, 9.17) is 23.2 Å². The first-order valence-electron chi connectivity index (χ1n) is 11.9. The molecule has 2 aromatic carbocycles. The van der Waals surface area contributed by atoms with Crippen LogP contribution >= 0.6 is 23.2 Å². The van der Waals surface area contributed by atoms with Gasteiger partial charge in [0.25, 0.3) is 5.91 Å². The zero-order valence-electron chi connectivity index (χ0n) is 20.9. The summed E-state index contributed by atoms with van der Waals surface area (Å²) >= 11 is 13.3. The lowest BCUT2D eigenvalue weighted by Gasteiger charge is -2.36. The Morgan fingerprint density at radius 1 is 1.14 bits per heavy atom. The Bertz CT molecular complexity index is 1380. The molecule has 198 valence electrons. The van der Waals surface area contributed by atoms with Crippen LogP contribution in [-0.4, -0.2) is 40.6 Å². The molecule has 0 N–H and O–H groups in total. The summed E-state index contributed by atoms with van der Waals surface area (Å²) < 4.78 is 44.3. The van der Waals surface area contributed by atoms with E-state index < -0.39 is 6.36 Å². The molecule has 1 saturated heterocycles. The van der Waals surface area contributed by atoms with Crippen molar-refractivity contribution < 1.29 is 27.5 Å². The molecular weight excluding hydrogens is 528 g/mol. The number of rotatable bonds is 5. The molecule has 0 bridgehead atoms. The van der Waals surface area contributed by atoms with E-state index in [0.717, 1.165) is 11.1 Å². The number of fused-ring (bicyclic) bond motifs is 1. The van der Waals surface area contributed by atoms with Gasteiger partial charge < -0.3 is 14.2 Å². The highest BCUT2D eigenvalue weighted by Crippen LogP contribution is 2.36. The zero-order valence-corrected chi connectivity index (χ0v) is 22.4. The molecule has 5 nitrogen and oxygen atoms in total. The number of carbonyl (C=O) groups excluding carboxylic acids is 2. The van der Waals surface area contributed by atoms with Gasteiger partial charge in [-0.25, -0.2) is 0 Å². The molecule has 0 spiro atoms. The Morgan fingerprint density at radius 2 is 1.84 bits per heavy atom. The number of alkyl halides is 3. The Labute approximate surface area is 223 Å². The van der Waals surface area contributed by atoms with Crippen LogP contribution in [0.3, 0.4) is 0 Å². The molecule has 2 heterocycles. The van der Waals surface area contributed by atoms with Crippen molar-refractivity contribution in [2.75, 3.05) is 13.1 Å². The maximum atomic E-state index is 13.4. The van der Waals surface area contributed by atoms with Crippen molar-refractivity contribution in [3.8, 4) is 5.75 Å². The fourth-order valence-corrected chi connectivity index (χ4v) is 5.87. The summed E-state index contributed by atoms with van der Waals surface area (Å²) in [6, 6.07) is 5.92. The number of piperidine rings is 1. The minimum atomic E-state index is -4.79. The van der Waals surface area contributed by atoms with Crippen LogP contribution in [0.2, 0.25) is 10.0 Å². The number of aryl methyl sites for hydroxylation is 2. The average molecular weight is 555 g/mol. The number of Topliss-reactive ketones (excluding diaryl/α,β-unsaturated/α-hetero) is 1. The van der Waals surface area contributed by atoms with Crippen LogP contribution in [0.1, 0.15) is 47.3 Å². The molecule has 1 fully saturated rings. The van der Waals surface area contributed by atoms with E-state index in [2.05, 4.69) is 4.74 Å². The highest BCUT2D eigenvalue weighted by Gasteiger charge is 2.33. The van der Waals surface area contributed by atoms with Crippen LogP contribution in [0.5, 0.6) is 5.75 Å². The number of likely N-dealkylation sites (tertiary alicyclic amines) is 1. The van der Waals surface area contributed by atoms with Gasteiger partial charge in [0.1, 0.15) is 11.5 Å². The fraction of sp³-hybridized carbons (Fsp3) is 0.407. The molecule has 1 amide bonds. The lowest BCUT2D eigenvalue weighted by atomic mass is 9.84. The molecule has 1 aromatic heterocycles. The third-order valence-electron chi connectivity index (χ3n) is 7.03. The molecule has 0 unspecified atom stereocenters. The number of benzene rings is 2. The summed E-state index contributed by atoms with van der Waals surface area (Å²) in [4.78, 5) is 27.0. The van der Waals surface area contributed by atoms with Gasteiger partial charge in [-0.15, -0.1) is 13.2 Å². The zero-order chi connectivity index (χ0) is 27.2. The number of aromatic nitrogens is 1. The largest absolute Gasteiger partial charge is 0.573 e. The Kier molecular flexibility index (Phi) is 7.55. The van der Waals surface area contributed by atoms with Crippen LogP contribution in [0.25, 0.3) is 10.9 Å². The second kappa shape index (κ2) is 10.2. The molecule has 0 saturated carbocycles. The third-order valence-corrected chi connectivity index (χ3v) is 7.81. The van der Waals surface area contributed by atoms with E-state index in [-0.39, 0.29) is 40.8 Å². The van der Waals surface area contributed by atoms with Crippen molar-refractivity contribution in [2.24, 2.45) is 11.8 Å². The van der Waals surface area contributed by atoms with Gasteiger partial charge in [0.2, 0.25) is 0 Å². The van der Waals surface area contributed by atoms with Crippen molar-refractivity contribution in [2.45, 2.75) is 47.0 Å². The van der Waals surface area contributed by atoms with Gasteiger partial charge >= 0.3 is 6.36 Å². The van der Waals surface area contributed by atoms with Gasteiger partial charge in [-0.3, -0.25) is 9.59 Å². The summed E-state index contributed by atoms with van der Waals surface area (Å²) in [6.45, 7) is 8.19. The first-order chi connectivity index (χ1) is 17.3. The maximum absolute atomic E-state index is 13.4. The summed E-state index contributed by atoms with van der Waals surface area (Å²) in [7, 11) is 0. The van der Waals surface area contributed by atoms with Crippen LogP contribution < -0.4 is 4.74 Å². The van der Waals surface area contributed by atoms with E-state index in [9.17, 15) is 22.8 Å². The van der Waals surface area contributed by atoms with E-state index in [1.807, 2.05) is 17.7 Å². The average Bonchev–Trinajstić information content (AvgIpc) is 3.10. The van der Waals surface area contributed by atoms with Gasteiger partial charge in [-0.05, 0) is 68.5 Å². The van der Waals surface area contributed by atoms with E-state index in [1.54, 1.807) is 37.8 Å². The first-order valence-corrected chi connectivity index (χ1v) is 12.6. The summed E-state index contributed by atoms with van der Waals surface area (Å²) in [5.41, 5.74) is 2.92. The minimum absolute atomic E-state index is 0.0455. The predicted molar refractivity (Wildman–Crippen MR) is 138 cm³/mol. The minimum Gasteiger partial charge on any atom is -0.406 e. The fourth-order valence-electron chi connectivity index (χ4n) is 5.30. The Morgan fingerprint density at radius 3 is 2.46 bits per heavy atom. The second-order valence-corrected chi connectivity index (χ2v) is 10.5. The molecule has 4 rings (SSSR count). The van der Waals surface area contributed by atoms with Gasteiger partial charge in [0.15, 0.2) is 0 Å². The van der Waals surface area contributed by atoms with Crippen LogP contribution in [-0.2, 0) is 11.3 Å². The van der Waals surface area contributed by atoms with Gasteiger partial charge in [-0.2, -0.15) is 0 Å². The first kappa shape index (κ1) is 27.3. The molecule has 37 heavy (non-hydrogen) atoms. The number of carbonyl (C=O) groups is 2. The molecular formula is C27H27Cl2F3N2O3. The molecule has 10 heteroatoms. The third kappa shape index (κ3) is 5.60. The molecule has 0 aliphatic carbocycles. The Balaban J connectivity index is 1.66. The lowest BCUT2D eigenvalue weighted by Crippen LogP contribution is -2.44. The predicted octanol–water partition coefficient (Wildman–Crippen LogP) is 7.20. The number of amides is 1. The van der Waals surface area contributed by atoms with Gasteiger partial charge in [0, 0.05) is 41.2 Å². The van der Waals surface area contributed by atoms with Crippen LogP contribution in [0.4, 0.5) is 13.2 Å². The quantitative estimate of drug-likeness (QED) is 0.335. The van der Waals surface area contributed by atoms with E-state index in [0.29, 0.717) is 46.6 Å². The highest BCUT2D eigenvalue weighted by molar-refractivity contribution is 6.38. The molecule has 0 radical (unpaired) electrons. The van der Waals surface area contributed by atoms with E-state index in [1.165, 1.54) is 12.1 Å². The highest BCUT2D eigenvalue weighted by atomic mass is 35.5. The molecule has 1 aliphatic rings. The number of ketones is 1. The number of hydrogen-bond acceptors (Lipinski definition) is 3. The standard InChI is InChI=1S/C27H27Cl2F3N2O3/c1-14-9-18(37-27(30,31)32)10-21-16(3)12-34(25(14)21)13-22-23(28)6-5-20(24(22)29)26(36)33-8-7-19(17(4)35)15(2)11-33/h5-6,9-10,12,15,19H,7-8,11,13H2,1-4H3/t15-,19+/m0/s1. The lowest BCUT2D eigenvalue weighted by molar-refractivity contribution is -0.274. The molecule has 1 aliphatic heterocycles. The number of nitrogens with zero attached hydrogens (tertiary/aromatic N) is 2. The molecule has 2 atom stereocenters. The van der Waals surface area contributed by atoms with Crippen molar-refractivity contribution in [1.29, 1.82) is 0 Å². The summed E-state index contributed by atoms with van der Waals surface area (Å²) in [5, 5.41) is 1.22. The van der Waals surface area contributed by atoms with Crippen LogP contribution in [0.15, 0.2) is 30.5 Å². The Hall–Kier alpha value is -2.71. The maximum Gasteiger partial charge on any atom is 0.573 e. The monoisotopic (exact) mass is 554 g/mol. The van der Waals surface area contributed by atoms with Gasteiger partial charge in [-0.1, -0.05) is 30.1 Å². The SMILES string of the molecule is CC(=O)[C@@H]1CCN(C(=O)c2ccc(Cl)c(Cn3cc(C)c4cc(OC(F)(F)F)cc(C)c43)c2Cl)C[C@@H]1C. The number of hydrogen-bond donors (Lipinski definition) is 0. The summed E-state index contributed by atoms with van der Waals surface area (Å²) in [5.74, 6) is -0.395. The second-order valence-electron chi connectivity index (χ2n) is 9.75. The summed E-state index contributed by atoms with van der Waals surface area (Å²) in [6.07, 6.45) is -2.37. The van der Waals surface area contributed by atoms with Crippen molar-refractivity contribution in [3.63, 3.8) is 0 Å². The number of ether oxygens (including phenoxy) is 1. The van der Waals surface area contributed by atoms with Crippen LogP contribution in [0, 0.1) is 25.7 Å². The van der Waals surface area contributed by atoms with Crippen molar-refractivity contribution in [1.82, 2.24) is 9.47 Å². The topological polar surface area (TPSA) is 51.5 Å².